The van der Waals surface area contributed by atoms with E-state index in [0.29, 0.717) is 5.70 Å². The van der Waals surface area contributed by atoms with Crippen LogP contribution in [0.5, 0.6) is 0 Å². The molecule has 23 heavy (non-hydrogen) atoms. The van der Waals surface area contributed by atoms with Crippen LogP contribution >= 0.6 is 0 Å². The molecular formula is C19H18N2O2. The molecule has 116 valence electrons. The number of urea groups is 1. The molecule has 0 atom stereocenters. The van der Waals surface area contributed by atoms with Crippen LogP contribution in [0.4, 0.5) is 4.79 Å². The summed E-state index contributed by atoms with van der Waals surface area (Å²) in [5.41, 5.74) is 4.35. The van der Waals surface area contributed by atoms with Gasteiger partial charge in [-0.3, -0.25) is 9.69 Å². The Labute approximate surface area is 135 Å². The van der Waals surface area contributed by atoms with E-state index in [0.717, 1.165) is 22.3 Å². The van der Waals surface area contributed by atoms with E-state index in [1.165, 1.54) is 4.90 Å². The molecule has 1 fully saturated rings. The zero-order valence-corrected chi connectivity index (χ0v) is 13.2. The number of nitrogens with one attached hydrogen (secondary N) is 1. The number of carbonyl (C=O) groups is 2. The van der Waals surface area contributed by atoms with Crippen LogP contribution in [0.25, 0.3) is 6.08 Å². The molecule has 1 aliphatic heterocycles. The minimum Gasteiger partial charge on any atom is -0.303 e. The zero-order valence-electron chi connectivity index (χ0n) is 13.2. The number of hydrogen-bond donors (Lipinski definition) is 1. The van der Waals surface area contributed by atoms with Crippen LogP contribution in [-0.4, -0.2) is 16.8 Å². The molecule has 1 heterocycles. The van der Waals surface area contributed by atoms with Gasteiger partial charge in [-0.05, 0) is 31.1 Å². The van der Waals surface area contributed by atoms with Gasteiger partial charge in [-0.2, -0.15) is 0 Å². The summed E-state index contributed by atoms with van der Waals surface area (Å²) in [6.45, 7) is 4.25. The van der Waals surface area contributed by atoms with Crippen molar-refractivity contribution in [2.45, 2.75) is 20.4 Å². The number of amides is 3. The molecule has 0 spiro atoms. The van der Waals surface area contributed by atoms with Crippen LogP contribution in [0.2, 0.25) is 0 Å². The fourth-order valence-electron chi connectivity index (χ4n) is 2.63. The lowest BCUT2D eigenvalue weighted by molar-refractivity contribution is -0.123. The standard InChI is InChI=1S/C19H18N2O2/c1-13-5-3-7-15(9-13)11-17-18(22)21(19(23)20-17)12-16-8-4-6-14(2)10-16/h3-11H,12H2,1-2H3,(H,20,23)/b17-11+. The minimum atomic E-state index is -0.379. The molecule has 0 aliphatic carbocycles. The van der Waals surface area contributed by atoms with Gasteiger partial charge in [0.1, 0.15) is 5.70 Å². The summed E-state index contributed by atoms with van der Waals surface area (Å²) < 4.78 is 0. The van der Waals surface area contributed by atoms with Gasteiger partial charge in [0.15, 0.2) is 0 Å². The van der Waals surface area contributed by atoms with Crippen molar-refractivity contribution in [2.75, 3.05) is 0 Å². The van der Waals surface area contributed by atoms with E-state index >= 15 is 0 Å². The number of rotatable bonds is 3. The third-order valence-electron chi connectivity index (χ3n) is 3.74. The molecule has 0 bridgehead atoms. The molecule has 0 saturated carbocycles. The summed E-state index contributed by atoms with van der Waals surface area (Å²) >= 11 is 0. The van der Waals surface area contributed by atoms with Crippen molar-refractivity contribution in [1.82, 2.24) is 10.2 Å². The Morgan fingerprint density at radius 1 is 1.00 bits per heavy atom. The quantitative estimate of drug-likeness (QED) is 0.698. The number of aryl methyl sites for hydroxylation is 2. The molecule has 0 aromatic heterocycles. The Balaban J connectivity index is 1.82. The average Bonchev–Trinajstić information content (AvgIpc) is 2.75. The van der Waals surface area contributed by atoms with Gasteiger partial charge in [0.25, 0.3) is 5.91 Å². The Bertz CT molecular complexity index is 809. The molecule has 3 rings (SSSR count). The lowest BCUT2D eigenvalue weighted by Gasteiger charge is -2.12. The first-order chi connectivity index (χ1) is 11.0. The van der Waals surface area contributed by atoms with Crippen molar-refractivity contribution in [3.05, 3.63) is 76.5 Å². The summed E-state index contributed by atoms with van der Waals surface area (Å²) in [5, 5.41) is 2.66. The van der Waals surface area contributed by atoms with Gasteiger partial charge in [0.05, 0.1) is 6.54 Å². The summed E-state index contributed by atoms with van der Waals surface area (Å²) in [6, 6.07) is 15.2. The van der Waals surface area contributed by atoms with E-state index in [2.05, 4.69) is 5.32 Å². The van der Waals surface area contributed by atoms with Gasteiger partial charge in [-0.25, -0.2) is 4.79 Å². The highest BCUT2D eigenvalue weighted by Crippen LogP contribution is 2.17. The number of hydrogen-bond acceptors (Lipinski definition) is 2. The van der Waals surface area contributed by atoms with Gasteiger partial charge in [-0.1, -0.05) is 59.7 Å². The number of imide groups is 1. The van der Waals surface area contributed by atoms with Crippen LogP contribution < -0.4 is 5.32 Å². The maximum absolute atomic E-state index is 12.5. The molecule has 2 aromatic carbocycles. The van der Waals surface area contributed by atoms with Crippen LogP contribution in [0.3, 0.4) is 0 Å². The van der Waals surface area contributed by atoms with E-state index in [-0.39, 0.29) is 18.5 Å². The molecule has 1 saturated heterocycles. The summed E-state index contributed by atoms with van der Waals surface area (Å²) in [6.07, 6.45) is 1.71. The van der Waals surface area contributed by atoms with Gasteiger partial charge >= 0.3 is 6.03 Å². The predicted molar refractivity (Wildman–Crippen MR) is 89.4 cm³/mol. The Morgan fingerprint density at radius 2 is 1.70 bits per heavy atom. The molecule has 4 heteroatoms. The van der Waals surface area contributed by atoms with Crippen molar-refractivity contribution in [3.8, 4) is 0 Å². The van der Waals surface area contributed by atoms with Crippen LogP contribution in [0.15, 0.2) is 54.2 Å². The fourth-order valence-corrected chi connectivity index (χ4v) is 2.63. The average molecular weight is 306 g/mol. The highest BCUT2D eigenvalue weighted by atomic mass is 16.2. The van der Waals surface area contributed by atoms with Gasteiger partial charge in [-0.15, -0.1) is 0 Å². The highest BCUT2D eigenvalue weighted by Gasteiger charge is 2.33. The highest BCUT2D eigenvalue weighted by molar-refractivity contribution is 6.13. The Kier molecular flexibility index (Phi) is 3.98. The second kappa shape index (κ2) is 6.08. The summed E-state index contributed by atoms with van der Waals surface area (Å²) in [5.74, 6) is -0.294. The first kappa shape index (κ1) is 15.0. The molecule has 1 aliphatic rings. The third-order valence-corrected chi connectivity index (χ3v) is 3.74. The largest absolute Gasteiger partial charge is 0.329 e. The van der Waals surface area contributed by atoms with Crippen molar-refractivity contribution >= 4 is 18.0 Å². The van der Waals surface area contributed by atoms with Crippen LogP contribution in [0, 0.1) is 13.8 Å². The Hall–Kier alpha value is -2.88. The maximum Gasteiger partial charge on any atom is 0.329 e. The lowest BCUT2D eigenvalue weighted by Crippen LogP contribution is -2.30. The van der Waals surface area contributed by atoms with E-state index in [9.17, 15) is 9.59 Å². The van der Waals surface area contributed by atoms with Gasteiger partial charge in [0.2, 0.25) is 0 Å². The number of carbonyl (C=O) groups excluding carboxylic acids is 2. The predicted octanol–water partition coefficient (Wildman–Crippen LogP) is 3.40. The maximum atomic E-state index is 12.5. The van der Waals surface area contributed by atoms with E-state index < -0.39 is 0 Å². The third kappa shape index (κ3) is 3.31. The molecular weight excluding hydrogens is 288 g/mol. The molecule has 1 N–H and O–H groups in total. The normalized spacial score (nSPS) is 16.1. The lowest BCUT2D eigenvalue weighted by atomic mass is 10.1. The molecule has 0 unspecified atom stereocenters. The van der Waals surface area contributed by atoms with Crippen molar-refractivity contribution < 1.29 is 9.59 Å². The van der Waals surface area contributed by atoms with E-state index in [4.69, 9.17) is 0 Å². The summed E-state index contributed by atoms with van der Waals surface area (Å²) in [4.78, 5) is 25.8. The monoisotopic (exact) mass is 306 g/mol. The first-order valence-corrected chi connectivity index (χ1v) is 7.50. The van der Waals surface area contributed by atoms with Gasteiger partial charge in [0, 0.05) is 0 Å². The second-order valence-corrected chi connectivity index (χ2v) is 5.78. The second-order valence-electron chi connectivity index (χ2n) is 5.78. The SMILES string of the molecule is Cc1cccc(/C=C2/NC(=O)N(Cc3cccc(C)c3)C2=O)c1. The number of nitrogens with zero attached hydrogens (tertiary/aromatic N) is 1. The Morgan fingerprint density at radius 3 is 2.39 bits per heavy atom. The van der Waals surface area contributed by atoms with Gasteiger partial charge < -0.3 is 5.32 Å². The van der Waals surface area contributed by atoms with Crippen LogP contribution in [-0.2, 0) is 11.3 Å². The minimum absolute atomic E-state index is 0.275. The van der Waals surface area contributed by atoms with E-state index in [1.54, 1.807) is 6.08 Å². The van der Waals surface area contributed by atoms with Crippen molar-refractivity contribution in [2.24, 2.45) is 0 Å². The van der Waals surface area contributed by atoms with Crippen LogP contribution in [0.1, 0.15) is 22.3 Å². The van der Waals surface area contributed by atoms with Crippen molar-refractivity contribution in [3.63, 3.8) is 0 Å². The topological polar surface area (TPSA) is 49.4 Å². The molecule has 0 radical (unpaired) electrons. The zero-order chi connectivity index (χ0) is 16.4. The smallest absolute Gasteiger partial charge is 0.303 e. The molecule has 4 nitrogen and oxygen atoms in total. The summed E-state index contributed by atoms with van der Waals surface area (Å²) in [7, 11) is 0. The first-order valence-electron chi connectivity index (χ1n) is 7.50. The molecule has 2 aromatic rings. The van der Waals surface area contributed by atoms with E-state index in [1.807, 2.05) is 62.4 Å². The fraction of sp³-hybridized carbons (Fsp3) is 0.158. The number of benzene rings is 2. The molecule has 3 amide bonds. The van der Waals surface area contributed by atoms with Crippen molar-refractivity contribution in [1.29, 1.82) is 0 Å².